The Bertz CT molecular complexity index is 1250. The summed E-state index contributed by atoms with van der Waals surface area (Å²) in [5.41, 5.74) is 1.50. The van der Waals surface area contributed by atoms with Crippen molar-refractivity contribution in [3.05, 3.63) is 60.4 Å². The van der Waals surface area contributed by atoms with Gasteiger partial charge in [0, 0.05) is 6.26 Å². The van der Waals surface area contributed by atoms with E-state index in [0.29, 0.717) is 15.3 Å². The van der Waals surface area contributed by atoms with Crippen molar-refractivity contribution >= 4 is 42.4 Å². The second-order valence-electron chi connectivity index (χ2n) is 5.73. The van der Waals surface area contributed by atoms with E-state index in [9.17, 15) is 13.2 Å². The molecule has 0 unspecified atom stereocenters. The van der Waals surface area contributed by atoms with Crippen molar-refractivity contribution in [2.75, 3.05) is 11.6 Å². The van der Waals surface area contributed by atoms with Crippen LogP contribution in [0.3, 0.4) is 0 Å². The molecule has 0 saturated carbocycles. The van der Waals surface area contributed by atoms with E-state index < -0.39 is 15.7 Å². The Morgan fingerprint density at radius 1 is 1.15 bits per heavy atom. The molecule has 0 saturated heterocycles. The largest absolute Gasteiger partial charge is 0.296 e. The summed E-state index contributed by atoms with van der Waals surface area (Å²) >= 11 is 1.19. The molecular formula is C17H13N5O3S2. The average Bonchev–Trinajstić information content (AvgIpc) is 3.27. The number of anilines is 1. The van der Waals surface area contributed by atoms with E-state index in [0.717, 1.165) is 11.9 Å². The van der Waals surface area contributed by atoms with E-state index in [4.69, 9.17) is 0 Å². The lowest BCUT2D eigenvalue weighted by Gasteiger charge is -1.98. The number of hydrogen-bond donors (Lipinski definition) is 1. The lowest BCUT2D eigenvalue weighted by atomic mass is 10.3. The Labute approximate surface area is 158 Å². The summed E-state index contributed by atoms with van der Waals surface area (Å²) in [6.07, 6.45) is 2.52. The highest BCUT2D eigenvalue weighted by Crippen LogP contribution is 2.28. The van der Waals surface area contributed by atoms with Crippen molar-refractivity contribution in [2.45, 2.75) is 4.90 Å². The first-order chi connectivity index (χ1) is 12.9. The lowest BCUT2D eigenvalue weighted by molar-refractivity contribution is 0.102. The summed E-state index contributed by atoms with van der Waals surface area (Å²) in [5, 5.41) is 11.3. The van der Waals surface area contributed by atoms with Crippen LogP contribution >= 0.6 is 11.3 Å². The fraction of sp³-hybridized carbons (Fsp3) is 0.0588. The minimum absolute atomic E-state index is 0.148. The van der Waals surface area contributed by atoms with Gasteiger partial charge in [-0.15, -0.1) is 5.10 Å². The van der Waals surface area contributed by atoms with Gasteiger partial charge in [0.15, 0.2) is 20.7 Å². The fourth-order valence-corrected chi connectivity index (χ4v) is 4.02. The molecule has 8 nitrogen and oxygen atoms in total. The predicted molar refractivity (Wildman–Crippen MR) is 102 cm³/mol. The maximum atomic E-state index is 12.4. The molecule has 0 aliphatic rings. The summed E-state index contributed by atoms with van der Waals surface area (Å²) in [5.74, 6) is -0.445. The summed E-state index contributed by atoms with van der Waals surface area (Å²) in [6, 6.07) is 13.9. The molecular weight excluding hydrogens is 386 g/mol. The minimum atomic E-state index is -3.30. The highest BCUT2D eigenvalue weighted by molar-refractivity contribution is 7.90. The Morgan fingerprint density at radius 3 is 2.67 bits per heavy atom. The van der Waals surface area contributed by atoms with Crippen molar-refractivity contribution < 1.29 is 13.2 Å². The van der Waals surface area contributed by atoms with Crippen LogP contribution in [0.25, 0.3) is 15.9 Å². The SMILES string of the molecule is CS(=O)(=O)c1ccc2nc(NC(=O)c3cnn(-c4ccccc4)n3)sc2c1. The smallest absolute Gasteiger partial charge is 0.279 e. The van der Waals surface area contributed by atoms with Gasteiger partial charge in [0.25, 0.3) is 5.91 Å². The molecule has 2 aromatic heterocycles. The molecule has 0 aliphatic carbocycles. The molecule has 0 bridgehead atoms. The molecule has 0 atom stereocenters. The molecule has 1 N–H and O–H groups in total. The van der Waals surface area contributed by atoms with Crippen molar-refractivity contribution in [1.82, 2.24) is 20.0 Å². The minimum Gasteiger partial charge on any atom is -0.296 e. The molecule has 10 heteroatoms. The Morgan fingerprint density at radius 2 is 1.93 bits per heavy atom. The summed E-state index contributed by atoms with van der Waals surface area (Å²) in [7, 11) is -3.30. The van der Waals surface area contributed by atoms with Crippen molar-refractivity contribution in [3.8, 4) is 5.69 Å². The summed E-state index contributed by atoms with van der Waals surface area (Å²) < 4.78 is 24.0. The first-order valence-electron chi connectivity index (χ1n) is 7.80. The number of nitrogens with zero attached hydrogens (tertiary/aromatic N) is 4. The zero-order chi connectivity index (χ0) is 19.0. The van der Waals surface area contributed by atoms with Crippen LogP contribution in [0, 0.1) is 0 Å². The van der Waals surface area contributed by atoms with Crippen molar-refractivity contribution in [1.29, 1.82) is 0 Å². The standard InChI is InChI=1S/C17H13N5O3S2/c1-27(24,25)12-7-8-13-15(9-12)26-17(19-13)20-16(23)14-10-18-22(21-14)11-5-3-2-4-6-11/h2-10H,1H3,(H,19,20,23). The van der Waals surface area contributed by atoms with Gasteiger partial charge < -0.3 is 0 Å². The van der Waals surface area contributed by atoms with Crippen LogP contribution in [0.1, 0.15) is 10.5 Å². The van der Waals surface area contributed by atoms with Crippen molar-refractivity contribution in [3.63, 3.8) is 0 Å². The van der Waals surface area contributed by atoms with Crippen LogP contribution < -0.4 is 5.32 Å². The number of hydrogen-bond acceptors (Lipinski definition) is 7. The van der Waals surface area contributed by atoms with Crippen LogP contribution in [-0.2, 0) is 9.84 Å². The number of rotatable bonds is 4. The first kappa shape index (κ1) is 17.3. The highest BCUT2D eigenvalue weighted by Gasteiger charge is 2.15. The van der Waals surface area contributed by atoms with Crippen molar-refractivity contribution in [2.24, 2.45) is 0 Å². The number of benzene rings is 2. The van der Waals surface area contributed by atoms with Gasteiger partial charge in [-0.2, -0.15) is 9.90 Å². The molecule has 0 radical (unpaired) electrons. The Kier molecular flexibility index (Phi) is 4.21. The van der Waals surface area contributed by atoms with E-state index in [1.807, 2.05) is 30.3 Å². The van der Waals surface area contributed by atoms with Crippen LogP contribution in [0.4, 0.5) is 5.13 Å². The molecule has 1 amide bonds. The quantitative estimate of drug-likeness (QED) is 0.565. The van der Waals surface area contributed by atoms with Gasteiger partial charge in [-0.25, -0.2) is 13.4 Å². The molecule has 0 fully saturated rings. The average molecular weight is 399 g/mol. The number of fused-ring (bicyclic) bond motifs is 1. The number of sulfone groups is 1. The molecule has 2 heterocycles. The number of para-hydroxylation sites is 1. The number of amides is 1. The zero-order valence-electron chi connectivity index (χ0n) is 14.0. The van der Waals surface area contributed by atoms with E-state index in [1.165, 1.54) is 28.4 Å². The summed E-state index contributed by atoms with van der Waals surface area (Å²) in [6.45, 7) is 0. The first-order valence-corrected chi connectivity index (χ1v) is 10.5. The second-order valence-corrected chi connectivity index (χ2v) is 8.78. The Hall–Kier alpha value is -3.11. The zero-order valence-corrected chi connectivity index (χ0v) is 15.7. The van der Waals surface area contributed by atoms with Crippen LogP contribution in [-0.4, -0.2) is 40.6 Å². The number of carbonyl (C=O) groups is 1. The van der Waals surface area contributed by atoms with Gasteiger partial charge in [0.2, 0.25) is 0 Å². The van der Waals surface area contributed by atoms with Crippen LogP contribution in [0.2, 0.25) is 0 Å². The number of aromatic nitrogens is 4. The van der Waals surface area contributed by atoms with E-state index in [2.05, 4.69) is 20.5 Å². The third kappa shape index (κ3) is 3.57. The van der Waals surface area contributed by atoms with Gasteiger partial charge in [-0.05, 0) is 30.3 Å². The van der Waals surface area contributed by atoms with Gasteiger partial charge in [-0.1, -0.05) is 29.5 Å². The van der Waals surface area contributed by atoms with Crippen LogP contribution in [0.5, 0.6) is 0 Å². The Balaban J connectivity index is 1.57. The molecule has 4 rings (SSSR count). The summed E-state index contributed by atoms with van der Waals surface area (Å²) in [4.78, 5) is 18.3. The normalized spacial score (nSPS) is 11.6. The topological polar surface area (TPSA) is 107 Å². The van der Waals surface area contributed by atoms with Gasteiger partial charge >= 0.3 is 0 Å². The molecule has 27 heavy (non-hydrogen) atoms. The molecule has 0 spiro atoms. The third-order valence-corrected chi connectivity index (χ3v) is 5.76. The number of nitrogens with one attached hydrogen (secondary N) is 1. The fourth-order valence-electron chi connectivity index (χ4n) is 2.40. The number of carbonyl (C=O) groups excluding carboxylic acids is 1. The molecule has 2 aromatic carbocycles. The van der Waals surface area contributed by atoms with Gasteiger partial charge in [0.1, 0.15) is 0 Å². The highest BCUT2D eigenvalue weighted by atomic mass is 32.2. The maximum Gasteiger partial charge on any atom is 0.279 e. The maximum absolute atomic E-state index is 12.4. The molecule has 136 valence electrons. The second kappa shape index (κ2) is 6.56. The molecule has 4 aromatic rings. The van der Waals surface area contributed by atoms with Gasteiger partial charge in [-0.3, -0.25) is 10.1 Å². The third-order valence-electron chi connectivity index (χ3n) is 3.72. The van der Waals surface area contributed by atoms with E-state index in [-0.39, 0.29) is 10.6 Å². The van der Waals surface area contributed by atoms with E-state index in [1.54, 1.807) is 12.1 Å². The van der Waals surface area contributed by atoms with Gasteiger partial charge in [0.05, 0.1) is 27.0 Å². The monoisotopic (exact) mass is 399 g/mol. The number of thiazole rings is 1. The predicted octanol–water partition coefficient (Wildman–Crippen LogP) is 2.53. The van der Waals surface area contributed by atoms with Crippen LogP contribution in [0.15, 0.2) is 59.6 Å². The van der Waals surface area contributed by atoms with E-state index >= 15 is 0 Å². The lowest BCUT2D eigenvalue weighted by Crippen LogP contribution is -2.13. The molecule has 0 aliphatic heterocycles.